The maximum atomic E-state index is 12.7. The number of nitrogens with one attached hydrogen (secondary N) is 1. The van der Waals surface area contributed by atoms with Crippen LogP contribution in [-0.4, -0.2) is 26.5 Å². The van der Waals surface area contributed by atoms with Gasteiger partial charge in [0.15, 0.2) is 10.9 Å². The number of nitrogens with zero attached hydrogens (tertiary/aromatic N) is 2. The summed E-state index contributed by atoms with van der Waals surface area (Å²) in [4.78, 5) is 28.9. The van der Waals surface area contributed by atoms with Gasteiger partial charge in [-0.25, -0.2) is 4.98 Å². The minimum Gasteiger partial charge on any atom is -0.325 e. The van der Waals surface area contributed by atoms with Crippen molar-refractivity contribution in [3.63, 3.8) is 0 Å². The summed E-state index contributed by atoms with van der Waals surface area (Å²) >= 11 is 1.50. The van der Waals surface area contributed by atoms with Crippen LogP contribution in [0.25, 0.3) is 0 Å². The summed E-state index contributed by atoms with van der Waals surface area (Å²) in [6, 6.07) is 7.54. The zero-order valence-corrected chi connectivity index (χ0v) is 17.2. The lowest BCUT2D eigenvalue weighted by molar-refractivity contribution is -0.115. The number of thioether (sulfide) groups is 1. The Balaban J connectivity index is 1.72. The van der Waals surface area contributed by atoms with E-state index >= 15 is 0 Å². The van der Waals surface area contributed by atoms with Gasteiger partial charge in [-0.15, -0.1) is 0 Å². The van der Waals surface area contributed by atoms with Crippen LogP contribution in [0.15, 0.2) is 29.4 Å². The van der Waals surface area contributed by atoms with Gasteiger partial charge in [-0.3, -0.25) is 9.59 Å². The van der Waals surface area contributed by atoms with Crippen molar-refractivity contribution in [2.45, 2.75) is 69.8 Å². The third kappa shape index (κ3) is 4.43. The Morgan fingerprint density at radius 3 is 2.63 bits per heavy atom. The fraction of sp³-hybridized carbons (Fsp3) is 0.476. The molecular formula is C21H27N3O2S. The van der Waals surface area contributed by atoms with Crippen molar-refractivity contribution in [2.75, 3.05) is 5.32 Å². The number of imidazole rings is 1. The van der Waals surface area contributed by atoms with Crippen LogP contribution in [0.5, 0.6) is 0 Å². The molecule has 1 saturated carbocycles. The van der Waals surface area contributed by atoms with Crippen molar-refractivity contribution >= 4 is 29.1 Å². The van der Waals surface area contributed by atoms with Gasteiger partial charge in [0.25, 0.3) is 0 Å². The highest BCUT2D eigenvalue weighted by Gasteiger charge is 2.25. The quantitative estimate of drug-likeness (QED) is 0.565. The van der Waals surface area contributed by atoms with Crippen LogP contribution in [-0.2, 0) is 4.79 Å². The predicted octanol–water partition coefficient (Wildman–Crippen LogP) is 4.94. The second kappa shape index (κ2) is 8.30. The van der Waals surface area contributed by atoms with E-state index < -0.39 is 0 Å². The molecule has 0 radical (unpaired) electrons. The Labute approximate surface area is 164 Å². The predicted molar refractivity (Wildman–Crippen MR) is 110 cm³/mol. The van der Waals surface area contributed by atoms with Crippen molar-refractivity contribution in [1.29, 1.82) is 0 Å². The van der Waals surface area contributed by atoms with Crippen molar-refractivity contribution in [2.24, 2.45) is 0 Å². The van der Waals surface area contributed by atoms with E-state index in [0.29, 0.717) is 17.3 Å². The number of rotatable bonds is 6. The molecule has 0 saturated heterocycles. The van der Waals surface area contributed by atoms with E-state index in [-0.39, 0.29) is 16.9 Å². The van der Waals surface area contributed by atoms with Gasteiger partial charge in [0.05, 0.1) is 10.9 Å². The minimum absolute atomic E-state index is 0.0157. The second-order valence-electron chi connectivity index (χ2n) is 7.26. The molecule has 1 amide bonds. The molecule has 1 aromatic carbocycles. The largest absolute Gasteiger partial charge is 0.325 e. The standard InChI is InChI=1S/C21H27N3O2S/c1-13-14(2)24(19-10-5-6-11-19)21(22-13)27-16(4)20(26)23-18-9-7-8-17(12-18)15(3)25/h7-9,12,16,19H,5-6,10-11H2,1-4H3,(H,23,26)/t16-/m0/s1. The summed E-state index contributed by atoms with van der Waals surface area (Å²) in [5, 5.41) is 3.56. The summed E-state index contributed by atoms with van der Waals surface area (Å²) in [7, 11) is 0. The second-order valence-corrected chi connectivity index (χ2v) is 8.57. The molecular weight excluding hydrogens is 358 g/mol. The molecule has 0 aliphatic heterocycles. The number of benzene rings is 1. The topological polar surface area (TPSA) is 64.0 Å². The van der Waals surface area contributed by atoms with Crippen LogP contribution in [0, 0.1) is 13.8 Å². The van der Waals surface area contributed by atoms with Crippen LogP contribution >= 0.6 is 11.8 Å². The van der Waals surface area contributed by atoms with Gasteiger partial charge in [-0.2, -0.15) is 0 Å². The summed E-state index contributed by atoms with van der Waals surface area (Å²) in [5.41, 5.74) is 3.47. The summed E-state index contributed by atoms with van der Waals surface area (Å²) in [6.07, 6.45) is 4.88. The third-order valence-corrected chi connectivity index (χ3v) is 6.30. The molecule has 0 bridgehead atoms. The smallest absolute Gasteiger partial charge is 0.237 e. The average molecular weight is 386 g/mol. The first-order chi connectivity index (χ1) is 12.9. The van der Waals surface area contributed by atoms with Crippen molar-refractivity contribution in [3.8, 4) is 0 Å². The first-order valence-electron chi connectivity index (χ1n) is 9.50. The van der Waals surface area contributed by atoms with E-state index in [4.69, 9.17) is 4.98 Å². The van der Waals surface area contributed by atoms with Gasteiger partial charge in [-0.1, -0.05) is 36.7 Å². The van der Waals surface area contributed by atoms with E-state index in [9.17, 15) is 9.59 Å². The van der Waals surface area contributed by atoms with Crippen LogP contribution in [0.4, 0.5) is 5.69 Å². The number of aromatic nitrogens is 2. The molecule has 1 fully saturated rings. The average Bonchev–Trinajstić information content (AvgIpc) is 3.24. The molecule has 144 valence electrons. The normalized spacial score (nSPS) is 15.7. The Kier molecular flexibility index (Phi) is 6.05. The van der Waals surface area contributed by atoms with Gasteiger partial charge >= 0.3 is 0 Å². The number of carbonyl (C=O) groups excluding carboxylic acids is 2. The number of amides is 1. The number of anilines is 1. The fourth-order valence-electron chi connectivity index (χ4n) is 3.54. The molecule has 3 rings (SSSR count). The molecule has 1 aliphatic rings. The lowest BCUT2D eigenvalue weighted by Crippen LogP contribution is -2.23. The van der Waals surface area contributed by atoms with Gasteiger partial charge in [0.2, 0.25) is 5.91 Å². The lowest BCUT2D eigenvalue weighted by Gasteiger charge is -2.18. The molecule has 2 aromatic rings. The zero-order chi connectivity index (χ0) is 19.6. The number of Topliss-reactive ketones (excluding diaryl/α,β-unsaturated/α-hetero) is 1. The van der Waals surface area contributed by atoms with Gasteiger partial charge in [0.1, 0.15) is 0 Å². The van der Waals surface area contributed by atoms with Crippen LogP contribution < -0.4 is 5.32 Å². The van der Waals surface area contributed by atoms with Crippen LogP contribution in [0.2, 0.25) is 0 Å². The van der Waals surface area contributed by atoms with Gasteiger partial charge in [-0.05, 0) is 52.7 Å². The lowest BCUT2D eigenvalue weighted by atomic mass is 10.1. The number of hydrogen-bond donors (Lipinski definition) is 1. The first kappa shape index (κ1) is 19.7. The Bertz CT molecular complexity index is 853. The molecule has 1 aromatic heterocycles. The SMILES string of the molecule is CC(=O)c1cccc(NC(=O)[C@H](C)Sc2nc(C)c(C)n2C2CCCC2)c1. The van der Waals surface area contributed by atoms with E-state index in [1.54, 1.807) is 24.3 Å². The van der Waals surface area contributed by atoms with Crippen LogP contribution in [0.1, 0.15) is 67.3 Å². The van der Waals surface area contributed by atoms with E-state index in [1.807, 2.05) is 13.8 Å². The highest BCUT2D eigenvalue weighted by Crippen LogP contribution is 2.36. The molecule has 1 heterocycles. The van der Waals surface area contributed by atoms with Gasteiger partial charge in [0, 0.05) is 23.0 Å². The molecule has 1 atom stereocenters. The number of hydrogen-bond acceptors (Lipinski definition) is 4. The number of carbonyl (C=O) groups is 2. The van der Waals surface area contributed by atoms with Crippen LogP contribution in [0.3, 0.4) is 0 Å². The highest BCUT2D eigenvalue weighted by molar-refractivity contribution is 8.00. The highest BCUT2D eigenvalue weighted by atomic mass is 32.2. The molecule has 27 heavy (non-hydrogen) atoms. The summed E-state index contributed by atoms with van der Waals surface area (Å²) < 4.78 is 2.33. The molecule has 0 unspecified atom stereocenters. The number of ketones is 1. The van der Waals surface area contributed by atoms with E-state index in [1.165, 1.54) is 50.1 Å². The molecule has 1 N–H and O–H groups in total. The summed E-state index contributed by atoms with van der Waals surface area (Å²) in [6.45, 7) is 7.56. The van der Waals surface area contributed by atoms with Crippen molar-refractivity contribution < 1.29 is 9.59 Å². The minimum atomic E-state index is -0.285. The molecule has 0 spiro atoms. The van der Waals surface area contributed by atoms with E-state index in [0.717, 1.165) is 10.9 Å². The monoisotopic (exact) mass is 385 g/mol. The molecule has 5 nitrogen and oxygen atoms in total. The van der Waals surface area contributed by atoms with Crippen molar-refractivity contribution in [1.82, 2.24) is 9.55 Å². The maximum absolute atomic E-state index is 12.7. The Hall–Kier alpha value is -2.08. The Morgan fingerprint density at radius 2 is 1.96 bits per heavy atom. The molecule has 1 aliphatic carbocycles. The number of aryl methyl sites for hydroxylation is 1. The maximum Gasteiger partial charge on any atom is 0.237 e. The van der Waals surface area contributed by atoms with Crippen molar-refractivity contribution in [3.05, 3.63) is 41.2 Å². The molecule has 6 heteroatoms. The van der Waals surface area contributed by atoms with Gasteiger partial charge < -0.3 is 9.88 Å². The zero-order valence-electron chi connectivity index (χ0n) is 16.4. The Morgan fingerprint density at radius 1 is 1.26 bits per heavy atom. The van der Waals surface area contributed by atoms with E-state index in [2.05, 4.69) is 16.8 Å². The third-order valence-electron chi connectivity index (χ3n) is 5.23. The fourth-order valence-corrected chi connectivity index (χ4v) is 4.61. The summed E-state index contributed by atoms with van der Waals surface area (Å²) in [5.74, 6) is -0.102. The first-order valence-corrected chi connectivity index (χ1v) is 10.4.